The number of benzene rings is 3. The summed E-state index contributed by atoms with van der Waals surface area (Å²) < 4.78 is 0. The standard InChI is InChI=1S/C30H37N5O3/c1-30(2,31)28(37)34-35(27(36)15-9-12-22-10-5-4-6-11-22)21-23-16-18-24(19-17-23)26-14-8-7-13-25(26)20-33-29(38)32-3/h4-8,10-11,13-14,16-19H,9,12,15,20-21,31H2,1-3H3,(H,34,37)(H2,32,33,38). The van der Waals surface area contributed by atoms with Crippen molar-refractivity contribution in [3.8, 4) is 11.1 Å². The third kappa shape index (κ3) is 8.45. The summed E-state index contributed by atoms with van der Waals surface area (Å²) in [5.41, 5.74) is 12.6. The van der Waals surface area contributed by atoms with Gasteiger partial charge in [-0.25, -0.2) is 9.80 Å². The molecular weight excluding hydrogens is 478 g/mol. The van der Waals surface area contributed by atoms with Crippen molar-refractivity contribution in [3.63, 3.8) is 0 Å². The van der Waals surface area contributed by atoms with Gasteiger partial charge >= 0.3 is 6.03 Å². The quantitative estimate of drug-likeness (QED) is 0.306. The van der Waals surface area contributed by atoms with Crippen molar-refractivity contribution in [3.05, 3.63) is 95.6 Å². The van der Waals surface area contributed by atoms with Gasteiger partial charge in [-0.1, -0.05) is 78.9 Å². The molecule has 0 bridgehead atoms. The third-order valence-corrected chi connectivity index (χ3v) is 6.11. The number of rotatable bonds is 10. The molecule has 4 amide bonds. The Bertz CT molecular complexity index is 1220. The van der Waals surface area contributed by atoms with Crippen LogP contribution in [0.2, 0.25) is 0 Å². The highest BCUT2D eigenvalue weighted by Crippen LogP contribution is 2.24. The van der Waals surface area contributed by atoms with Crippen molar-refractivity contribution in [2.24, 2.45) is 5.73 Å². The van der Waals surface area contributed by atoms with E-state index in [1.807, 2.05) is 78.9 Å². The van der Waals surface area contributed by atoms with Crippen LogP contribution in [0.25, 0.3) is 11.1 Å². The van der Waals surface area contributed by atoms with Gasteiger partial charge in [0.05, 0.1) is 12.1 Å². The zero-order chi connectivity index (χ0) is 27.5. The summed E-state index contributed by atoms with van der Waals surface area (Å²) in [4.78, 5) is 37.3. The minimum absolute atomic E-state index is 0.173. The van der Waals surface area contributed by atoms with E-state index in [-0.39, 0.29) is 18.5 Å². The number of amides is 4. The Balaban J connectivity index is 1.71. The van der Waals surface area contributed by atoms with Crippen LogP contribution in [0.1, 0.15) is 43.4 Å². The molecule has 0 spiro atoms. The van der Waals surface area contributed by atoms with Crippen LogP contribution in [0.15, 0.2) is 78.9 Å². The number of hydrogen-bond acceptors (Lipinski definition) is 4. The normalized spacial score (nSPS) is 10.9. The fourth-order valence-electron chi connectivity index (χ4n) is 3.87. The van der Waals surface area contributed by atoms with E-state index < -0.39 is 11.4 Å². The highest BCUT2D eigenvalue weighted by atomic mass is 16.2. The van der Waals surface area contributed by atoms with Gasteiger partial charge in [-0.2, -0.15) is 0 Å². The van der Waals surface area contributed by atoms with Gasteiger partial charge in [0.15, 0.2) is 0 Å². The molecule has 3 aromatic rings. The Morgan fingerprint density at radius 3 is 2.18 bits per heavy atom. The summed E-state index contributed by atoms with van der Waals surface area (Å²) in [7, 11) is 1.58. The maximum Gasteiger partial charge on any atom is 0.314 e. The Morgan fingerprint density at radius 2 is 1.53 bits per heavy atom. The van der Waals surface area contributed by atoms with E-state index in [0.29, 0.717) is 19.4 Å². The third-order valence-electron chi connectivity index (χ3n) is 6.11. The van der Waals surface area contributed by atoms with Gasteiger partial charge < -0.3 is 16.4 Å². The molecule has 0 aromatic heterocycles. The number of nitrogens with zero attached hydrogens (tertiary/aromatic N) is 1. The zero-order valence-corrected chi connectivity index (χ0v) is 22.3. The molecule has 0 radical (unpaired) electrons. The first-order chi connectivity index (χ1) is 18.2. The second kappa shape index (κ2) is 13.4. The van der Waals surface area contributed by atoms with Gasteiger partial charge in [0.2, 0.25) is 5.91 Å². The number of hydrazine groups is 1. The molecule has 0 saturated carbocycles. The molecule has 200 valence electrons. The van der Waals surface area contributed by atoms with E-state index in [9.17, 15) is 14.4 Å². The van der Waals surface area contributed by atoms with Crippen molar-refractivity contribution >= 4 is 17.8 Å². The van der Waals surface area contributed by atoms with Crippen LogP contribution >= 0.6 is 0 Å². The molecule has 3 rings (SSSR count). The number of carbonyl (C=O) groups is 3. The van der Waals surface area contributed by atoms with Gasteiger partial charge in [0.25, 0.3) is 5.91 Å². The van der Waals surface area contributed by atoms with E-state index in [4.69, 9.17) is 5.73 Å². The first-order valence-corrected chi connectivity index (χ1v) is 12.7. The molecule has 38 heavy (non-hydrogen) atoms. The van der Waals surface area contributed by atoms with E-state index >= 15 is 0 Å². The summed E-state index contributed by atoms with van der Waals surface area (Å²) >= 11 is 0. The van der Waals surface area contributed by atoms with E-state index in [2.05, 4.69) is 16.1 Å². The first kappa shape index (κ1) is 28.4. The smallest absolute Gasteiger partial charge is 0.314 e. The van der Waals surface area contributed by atoms with Crippen molar-refractivity contribution in [1.29, 1.82) is 0 Å². The largest absolute Gasteiger partial charge is 0.341 e. The zero-order valence-electron chi connectivity index (χ0n) is 22.3. The van der Waals surface area contributed by atoms with Crippen LogP contribution in [-0.4, -0.2) is 35.4 Å². The molecule has 3 aromatic carbocycles. The van der Waals surface area contributed by atoms with Crippen LogP contribution in [0, 0.1) is 0 Å². The van der Waals surface area contributed by atoms with Crippen LogP contribution in [-0.2, 0) is 29.1 Å². The molecule has 0 unspecified atom stereocenters. The summed E-state index contributed by atoms with van der Waals surface area (Å²) in [6.07, 6.45) is 1.74. The van der Waals surface area contributed by atoms with Crippen molar-refractivity contribution in [2.45, 2.75) is 51.7 Å². The maximum atomic E-state index is 13.1. The van der Waals surface area contributed by atoms with Gasteiger partial charge in [-0.3, -0.25) is 15.0 Å². The fourth-order valence-corrected chi connectivity index (χ4v) is 3.87. The molecule has 5 N–H and O–H groups in total. The molecule has 0 aliphatic carbocycles. The Kier molecular flexibility index (Phi) is 10.0. The highest BCUT2D eigenvalue weighted by Gasteiger charge is 2.26. The van der Waals surface area contributed by atoms with Gasteiger partial charge in [-0.05, 0) is 54.5 Å². The number of hydrogen-bond donors (Lipinski definition) is 4. The minimum atomic E-state index is -1.13. The average Bonchev–Trinajstić information content (AvgIpc) is 2.92. The van der Waals surface area contributed by atoms with Crippen LogP contribution in [0.5, 0.6) is 0 Å². The van der Waals surface area contributed by atoms with Crippen LogP contribution in [0.3, 0.4) is 0 Å². The SMILES string of the molecule is CNC(=O)NCc1ccccc1-c1ccc(CN(NC(=O)C(C)(C)N)C(=O)CCCc2ccccc2)cc1. The van der Waals surface area contributed by atoms with E-state index in [1.54, 1.807) is 20.9 Å². The van der Waals surface area contributed by atoms with Crippen molar-refractivity contribution in [1.82, 2.24) is 21.1 Å². The van der Waals surface area contributed by atoms with Crippen molar-refractivity contribution in [2.75, 3.05) is 7.05 Å². The van der Waals surface area contributed by atoms with Crippen LogP contribution < -0.4 is 21.8 Å². The molecular formula is C30H37N5O3. The molecule has 0 aliphatic rings. The number of nitrogens with one attached hydrogen (secondary N) is 3. The number of nitrogens with two attached hydrogens (primary N) is 1. The average molecular weight is 516 g/mol. The summed E-state index contributed by atoms with van der Waals surface area (Å²) in [5, 5.41) is 6.73. The first-order valence-electron chi connectivity index (χ1n) is 12.7. The van der Waals surface area contributed by atoms with Crippen molar-refractivity contribution < 1.29 is 14.4 Å². The summed E-state index contributed by atoms with van der Waals surface area (Å²) in [6.45, 7) is 3.81. The molecule has 0 heterocycles. The number of carbonyl (C=O) groups excluding carboxylic acids is 3. The highest BCUT2D eigenvalue weighted by molar-refractivity contribution is 5.87. The lowest BCUT2D eigenvalue weighted by atomic mass is 9.98. The van der Waals surface area contributed by atoms with Gasteiger partial charge in [0.1, 0.15) is 0 Å². The molecule has 0 atom stereocenters. The Labute approximate surface area is 224 Å². The Morgan fingerprint density at radius 1 is 0.868 bits per heavy atom. The second-order valence-electron chi connectivity index (χ2n) is 9.77. The van der Waals surface area contributed by atoms with Crippen LogP contribution in [0.4, 0.5) is 4.79 Å². The summed E-state index contributed by atoms with van der Waals surface area (Å²) in [6, 6.07) is 25.4. The lowest BCUT2D eigenvalue weighted by Crippen LogP contribution is -2.56. The molecule has 0 aliphatic heterocycles. The number of urea groups is 1. The lowest BCUT2D eigenvalue weighted by Gasteiger charge is -2.27. The summed E-state index contributed by atoms with van der Waals surface area (Å²) in [5.74, 6) is -0.601. The Hall–Kier alpha value is -4.17. The molecule has 0 saturated heterocycles. The lowest BCUT2D eigenvalue weighted by molar-refractivity contribution is -0.144. The molecule has 0 fully saturated rings. The second-order valence-corrected chi connectivity index (χ2v) is 9.77. The maximum absolute atomic E-state index is 13.1. The van der Waals surface area contributed by atoms with Gasteiger partial charge in [0, 0.05) is 20.0 Å². The predicted octanol–water partition coefficient (Wildman–Crippen LogP) is 3.90. The van der Waals surface area contributed by atoms with E-state index in [1.165, 1.54) is 10.6 Å². The minimum Gasteiger partial charge on any atom is -0.341 e. The van der Waals surface area contributed by atoms with Gasteiger partial charge in [-0.15, -0.1) is 0 Å². The number of aryl methyl sites for hydroxylation is 1. The predicted molar refractivity (Wildman–Crippen MR) is 150 cm³/mol. The van der Waals surface area contributed by atoms with E-state index in [0.717, 1.165) is 28.7 Å². The fraction of sp³-hybridized carbons (Fsp3) is 0.300. The monoisotopic (exact) mass is 515 g/mol. The molecule has 8 heteroatoms. The topological polar surface area (TPSA) is 117 Å². The molecule has 8 nitrogen and oxygen atoms in total.